The second-order valence-corrected chi connectivity index (χ2v) is 4.92. The van der Waals surface area contributed by atoms with Gasteiger partial charge in [0.05, 0.1) is 19.3 Å². The van der Waals surface area contributed by atoms with Crippen LogP contribution in [0.25, 0.3) is 0 Å². The summed E-state index contributed by atoms with van der Waals surface area (Å²) in [5, 5.41) is 0. The summed E-state index contributed by atoms with van der Waals surface area (Å²) in [5.74, 6) is 5.89. The van der Waals surface area contributed by atoms with Gasteiger partial charge in [-0.1, -0.05) is 17.9 Å². The Labute approximate surface area is 119 Å². The Morgan fingerprint density at radius 2 is 2.35 bits per heavy atom. The highest BCUT2D eigenvalue weighted by Crippen LogP contribution is 2.17. The molecule has 1 heterocycles. The number of ether oxygens (including phenoxy) is 1. The van der Waals surface area contributed by atoms with Gasteiger partial charge in [0.25, 0.3) is 5.91 Å². The van der Waals surface area contributed by atoms with Gasteiger partial charge in [0, 0.05) is 24.2 Å². The van der Waals surface area contributed by atoms with E-state index in [1.54, 1.807) is 0 Å². The highest BCUT2D eigenvalue weighted by atomic mass is 16.5. The van der Waals surface area contributed by atoms with E-state index in [1.165, 1.54) is 0 Å². The molecule has 106 valence electrons. The standard InChI is InChI=1S/C16H20N2O2/c1-12-11-18(9-10-20-12)16(19)15-7-3-5-14(13(15)2)6-4-8-17/h3,5,7,12H,8-11,17H2,1-2H3. The van der Waals surface area contributed by atoms with Gasteiger partial charge in [0.1, 0.15) is 0 Å². The Bertz CT molecular complexity index is 557. The molecule has 1 atom stereocenters. The molecule has 1 aromatic rings. The number of benzene rings is 1. The van der Waals surface area contributed by atoms with E-state index in [0.717, 1.165) is 11.1 Å². The van der Waals surface area contributed by atoms with E-state index in [-0.39, 0.29) is 12.0 Å². The minimum atomic E-state index is 0.0500. The second-order valence-electron chi connectivity index (χ2n) is 4.92. The zero-order valence-electron chi connectivity index (χ0n) is 12.0. The van der Waals surface area contributed by atoms with E-state index in [4.69, 9.17) is 10.5 Å². The molecule has 4 nitrogen and oxygen atoms in total. The quantitative estimate of drug-likeness (QED) is 0.781. The summed E-state index contributed by atoms with van der Waals surface area (Å²) in [4.78, 5) is 14.4. The van der Waals surface area contributed by atoms with Crippen LogP contribution in [0.5, 0.6) is 0 Å². The lowest BCUT2D eigenvalue weighted by Crippen LogP contribution is -2.44. The number of carbonyl (C=O) groups excluding carboxylic acids is 1. The minimum Gasteiger partial charge on any atom is -0.375 e. The van der Waals surface area contributed by atoms with Crippen LogP contribution < -0.4 is 5.73 Å². The molecule has 1 unspecified atom stereocenters. The molecule has 1 saturated heterocycles. The Morgan fingerprint density at radius 3 is 3.05 bits per heavy atom. The molecule has 1 aromatic carbocycles. The maximum absolute atomic E-state index is 12.6. The molecule has 0 spiro atoms. The molecule has 0 radical (unpaired) electrons. The molecule has 1 fully saturated rings. The number of nitrogens with zero attached hydrogens (tertiary/aromatic N) is 1. The van der Waals surface area contributed by atoms with Crippen LogP contribution in [0.2, 0.25) is 0 Å². The number of nitrogens with two attached hydrogens (primary N) is 1. The fraction of sp³-hybridized carbons (Fsp3) is 0.438. The summed E-state index contributed by atoms with van der Waals surface area (Å²) < 4.78 is 5.47. The first kappa shape index (κ1) is 14.6. The van der Waals surface area contributed by atoms with Crippen molar-refractivity contribution in [3.05, 3.63) is 34.9 Å². The number of rotatable bonds is 1. The van der Waals surface area contributed by atoms with E-state index in [2.05, 4.69) is 11.8 Å². The summed E-state index contributed by atoms with van der Waals surface area (Å²) in [7, 11) is 0. The lowest BCUT2D eigenvalue weighted by molar-refractivity contribution is -0.0124. The first-order valence-electron chi connectivity index (χ1n) is 6.83. The number of hydrogen-bond acceptors (Lipinski definition) is 3. The monoisotopic (exact) mass is 272 g/mol. The van der Waals surface area contributed by atoms with Gasteiger partial charge in [0.15, 0.2) is 0 Å². The molecule has 2 rings (SSSR count). The van der Waals surface area contributed by atoms with Crippen LogP contribution in [0, 0.1) is 18.8 Å². The van der Waals surface area contributed by atoms with Crippen molar-refractivity contribution in [3.63, 3.8) is 0 Å². The Hall–Kier alpha value is -1.83. The summed E-state index contributed by atoms with van der Waals surface area (Å²) in [6.45, 7) is 6.10. The van der Waals surface area contributed by atoms with Gasteiger partial charge in [0.2, 0.25) is 0 Å². The molecule has 1 amide bonds. The molecule has 2 N–H and O–H groups in total. The molecular formula is C16H20N2O2. The van der Waals surface area contributed by atoms with Gasteiger partial charge in [-0.3, -0.25) is 4.79 Å². The zero-order valence-corrected chi connectivity index (χ0v) is 12.0. The zero-order chi connectivity index (χ0) is 14.5. The normalized spacial score (nSPS) is 18.4. The molecule has 0 bridgehead atoms. The summed E-state index contributed by atoms with van der Waals surface area (Å²) in [6, 6.07) is 5.63. The predicted molar refractivity (Wildman–Crippen MR) is 78.4 cm³/mol. The first-order valence-corrected chi connectivity index (χ1v) is 6.83. The summed E-state index contributed by atoms with van der Waals surface area (Å²) >= 11 is 0. The van der Waals surface area contributed by atoms with Crippen molar-refractivity contribution in [1.82, 2.24) is 4.90 Å². The van der Waals surface area contributed by atoms with Crippen molar-refractivity contribution in [2.24, 2.45) is 5.73 Å². The highest BCUT2D eigenvalue weighted by Gasteiger charge is 2.23. The molecular weight excluding hydrogens is 252 g/mol. The Kier molecular flexibility index (Phi) is 4.78. The van der Waals surface area contributed by atoms with E-state index in [9.17, 15) is 4.79 Å². The first-order chi connectivity index (χ1) is 9.63. The number of amides is 1. The van der Waals surface area contributed by atoms with Gasteiger partial charge >= 0.3 is 0 Å². The van der Waals surface area contributed by atoms with Gasteiger partial charge in [-0.2, -0.15) is 0 Å². The van der Waals surface area contributed by atoms with Crippen LogP contribution in [0.4, 0.5) is 0 Å². The minimum absolute atomic E-state index is 0.0500. The number of carbonyl (C=O) groups is 1. The molecule has 0 aromatic heterocycles. The van der Waals surface area contributed by atoms with Crippen molar-refractivity contribution < 1.29 is 9.53 Å². The van der Waals surface area contributed by atoms with Crippen molar-refractivity contribution in [2.45, 2.75) is 20.0 Å². The lowest BCUT2D eigenvalue weighted by atomic mass is 10.0. The van der Waals surface area contributed by atoms with Crippen LogP contribution in [0.3, 0.4) is 0 Å². The summed E-state index contributed by atoms with van der Waals surface area (Å²) in [5.41, 5.74) is 7.88. The SMILES string of the molecule is Cc1c(C#CCN)cccc1C(=O)N1CCOC(C)C1. The maximum Gasteiger partial charge on any atom is 0.254 e. The predicted octanol–water partition coefficient (Wildman–Crippen LogP) is 1.17. The maximum atomic E-state index is 12.6. The van der Waals surface area contributed by atoms with Crippen LogP contribution in [0.1, 0.15) is 28.4 Å². The van der Waals surface area contributed by atoms with E-state index in [1.807, 2.05) is 36.9 Å². The molecule has 1 aliphatic rings. The van der Waals surface area contributed by atoms with E-state index < -0.39 is 0 Å². The molecule has 0 aliphatic carbocycles. The van der Waals surface area contributed by atoms with Crippen molar-refractivity contribution in [3.8, 4) is 11.8 Å². The van der Waals surface area contributed by atoms with E-state index in [0.29, 0.717) is 31.8 Å². The van der Waals surface area contributed by atoms with Gasteiger partial charge in [-0.15, -0.1) is 0 Å². The average molecular weight is 272 g/mol. The van der Waals surface area contributed by atoms with Crippen molar-refractivity contribution >= 4 is 5.91 Å². The third-order valence-electron chi connectivity index (χ3n) is 3.42. The van der Waals surface area contributed by atoms with Gasteiger partial charge < -0.3 is 15.4 Å². The fourth-order valence-corrected chi connectivity index (χ4v) is 2.32. The number of hydrogen-bond donors (Lipinski definition) is 1. The second kappa shape index (κ2) is 6.56. The van der Waals surface area contributed by atoms with E-state index >= 15 is 0 Å². The average Bonchev–Trinajstić information content (AvgIpc) is 2.45. The van der Waals surface area contributed by atoms with Crippen LogP contribution in [-0.4, -0.2) is 43.2 Å². The molecule has 0 saturated carbocycles. The van der Waals surface area contributed by atoms with Crippen molar-refractivity contribution in [1.29, 1.82) is 0 Å². The fourth-order valence-electron chi connectivity index (χ4n) is 2.32. The smallest absolute Gasteiger partial charge is 0.254 e. The largest absolute Gasteiger partial charge is 0.375 e. The summed E-state index contributed by atoms with van der Waals surface area (Å²) in [6.07, 6.45) is 0.0909. The van der Waals surface area contributed by atoms with Crippen molar-refractivity contribution in [2.75, 3.05) is 26.2 Å². The molecule has 4 heteroatoms. The van der Waals surface area contributed by atoms with Crippen LogP contribution >= 0.6 is 0 Å². The molecule has 20 heavy (non-hydrogen) atoms. The lowest BCUT2D eigenvalue weighted by Gasteiger charge is -2.31. The highest BCUT2D eigenvalue weighted by molar-refractivity contribution is 5.96. The Balaban J connectivity index is 2.26. The molecule has 1 aliphatic heterocycles. The van der Waals surface area contributed by atoms with Crippen LogP contribution in [0.15, 0.2) is 18.2 Å². The van der Waals surface area contributed by atoms with Gasteiger partial charge in [-0.25, -0.2) is 0 Å². The van der Waals surface area contributed by atoms with Crippen LogP contribution in [-0.2, 0) is 4.74 Å². The third-order valence-corrected chi connectivity index (χ3v) is 3.42. The van der Waals surface area contributed by atoms with Gasteiger partial charge in [-0.05, 0) is 31.5 Å². The topological polar surface area (TPSA) is 55.6 Å². The third kappa shape index (κ3) is 3.19. The Morgan fingerprint density at radius 1 is 1.55 bits per heavy atom. The number of morpholine rings is 1.